The molecule has 104 valence electrons. The second-order valence-electron chi connectivity index (χ2n) is 5.01. The van der Waals surface area contributed by atoms with Crippen molar-refractivity contribution in [2.45, 2.75) is 25.9 Å². The molecule has 3 nitrogen and oxygen atoms in total. The van der Waals surface area contributed by atoms with Crippen LogP contribution in [-0.2, 0) is 13.0 Å². The van der Waals surface area contributed by atoms with Crippen molar-refractivity contribution in [1.29, 1.82) is 0 Å². The first-order chi connectivity index (χ1) is 9.74. The first-order valence-electron chi connectivity index (χ1n) is 6.82. The fourth-order valence-corrected chi connectivity index (χ4v) is 2.74. The lowest BCUT2D eigenvalue weighted by molar-refractivity contribution is 0.351. The van der Waals surface area contributed by atoms with Crippen LogP contribution in [0, 0.1) is 0 Å². The SMILES string of the molecule is C[C@H](NCc1cc(Cl)cc2c1OCC2)c1ccccn1. The summed E-state index contributed by atoms with van der Waals surface area (Å²) in [5.41, 5.74) is 3.36. The number of hydrogen-bond acceptors (Lipinski definition) is 3. The molecular weight excluding hydrogens is 272 g/mol. The van der Waals surface area contributed by atoms with Crippen LogP contribution in [0.4, 0.5) is 0 Å². The van der Waals surface area contributed by atoms with E-state index in [1.165, 1.54) is 5.56 Å². The minimum atomic E-state index is 0.187. The topological polar surface area (TPSA) is 34.1 Å². The molecule has 2 aromatic rings. The molecule has 0 spiro atoms. The summed E-state index contributed by atoms with van der Waals surface area (Å²) in [4.78, 5) is 4.36. The maximum absolute atomic E-state index is 6.17. The van der Waals surface area contributed by atoms with Gasteiger partial charge < -0.3 is 10.1 Å². The van der Waals surface area contributed by atoms with Gasteiger partial charge in [0.25, 0.3) is 0 Å². The van der Waals surface area contributed by atoms with Crippen molar-refractivity contribution in [3.63, 3.8) is 0 Å². The summed E-state index contributed by atoms with van der Waals surface area (Å²) in [7, 11) is 0. The van der Waals surface area contributed by atoms with Gasteiger partial charge in [-0.2, -0.15) is 0 Å². The van der Waals surface area contributed by atoms with Crippen LogP contribution in [0.3, 0.4) is 0 Å². The second kappa shape index (κ2) is 5.81. The molecule has 0 unspecified atom stereocenters. The summed E-state index contributed by atoms with van der Waals surface area (Å²) in [5, 5.41) is 4.25. The quantitative estimate of drug-likeness (QED) is 0.935. The van der Waals surface area contributed by atoms with Crippen LogP contribution in [0.5, 0.6) is 5.75 Å². The number of halogens is 1. The Morgan fingerprint density at radius 1 is 1.40 bits per heavy atom. The van der Waals surface area contributed by atoms with Crippen molar-refractivity contribution in [2.75, 3.05) is 6.61 Å². The van der Waals surface area contributed by atoms with Gasteiger partial charge in [0.2, 0.25) is 0 Å². The summed E-state index contributed by atoms with van der Waals surface area (Å²) < 4.78 is 5.71. The zero-order chi connectivity index (χ0) is 13.9. The van der Waals surface area contributed by atoms with Gasteiger partial charge in [-0.15, -0.1) is 0 Å². The van der Waals surface area contributed by atoms with Crippen LogP contribution < -0.4 is 10.1 Å². The Balaban J connectivity index is 1.73. The number of ether oxygens (including phenoxy) is 1. The highest BCUT2D eigenvalue weighted by Gasteiger charge is 2.18. The van der Waals surface area contributed by atoms with E-state index in [0.29, 0.717) is 0 Å². The standard InChI is InChI=1S/C16H17ClN2O/c1-11(15-4-2-3-6-18-15)19-10-13-9-14(17)8-12-5-7-20-16(12)13/h2-4,6,8-9,11,19H,5,7,10H2,1H3/t11-/m0/s1. The number of benzene rings is 1. The molecule has 1 aromatic heterocycles. The second-order valence-corrected chi connectivity index (χ2v) is 5.45. The van der Waals surface area contributed by atoms with Crippen molar-refractivity contribution in [1.82, 2.24) is 10.3 Å². The average Bonchev–Trinajstić information content (AvgIpc) is 2.93. The predicted molar refractivity (Wildman–Crippen MR) is 80.1 cm³/mol. The zero-order valence-electron chi connectivity index (χ0n) is 11.4. The lowest BCUT2D eigenvalue weighted by Crippen LogP contribution is -2.19. The van der Waals surface area contributed by atoms with Gasteiger partial charge in [-0.05, 0) is 36.8 Å². The van der Waals surface area contributed by atoms with Crippen molar-refractivity contribution in [3.05, 3.63) is 58.4 Å². The van der Waals surface area contributed by atoms with E-state index < -0.39 is 0 Å². The molecule has 3 rings (SSSR count). The van der Waals surface area contributed by atoms with Crippen LogP contribution in [0.1, 0.15) is 29.8 Å². The van der Waals surface area contributed by atoms with Gasteiger partial charge in [0, 0.05) is 35.8 Å². The Kier molecular flexibility index (Phi) is 3.90. The van der Waals surface area contributed by atoms with Crippen LogP contribution in [-0.4, -0.2) is 11.6 Å². The van der Waals surface area contributed by atoms with Crippen molar-refractivity contribution in [2.24, 2.45) is 0 Å². The third kappa shape index (κ3) is 2.79. The number of nitrogens with zero attached hydrogens (tertiary/aromatic N) is 1. The number of hydrogen-bond donors (Lipinski definition) is 1. The minimum Gasteiger partial charge on any atom is -0.493 e. The lowest BCUT2D eigenvalue weighted by atomic mass is 10.1. The summed E-state index contributed by atoms with van der Waals surface area (Å²) in [6.45, 7) is 3.58. The van der Waals surface area contributed by atoms with E-state index in [-0.39, 0.29) is 6.04 Å². The molecule has 0 bridgehead atoms. The van der Waals surface area contributed by atoms with Gasteiger partial charge in [-0.25, -0.2) is 0 Å². The summed E-state index contributed by atoms with van der Waals surface area (Å²) >= 11 is 6.17. The Morgan fingerprint density at radius 2 is 2.30 bits per heavy atom. The third-order valence-corrected chi connectivity index (χ3v) is 3.77. The molecule has 0 saturated heterocycles. The Labute approximate surface area is 123 Å². The Bertz CT molecular complexity index is 601. The molecule has 2 heterocycles. The van der Waals surface area contributed by atoms with Gasteiger partial charge >= 0.3 is 0 Å². The van der Waals surface area contributed by atoms with Gasteiger partial charge in [0.1, 0.15) is 5.75 Å². The number of fused-ring (bicyclic) bond motifs is 1. The number of pyridine rings is 1. The Morgan fingerprint density at radius 3 is 3.10 bits per heavy atom. The highest BCUT2D eigenvalue weighted by molar-refractivity contribution is 6.30. The molecule has 0 aliphatic carbocycles. The fourth-order valence-electron chi connectivity index (χ4n) is 2.48. The summed E-state index contributed by atoms with van der Waals surface area (Å²) in [6, 6.07) is 10.1. The van der Waals surface area contributed by atoms with E-state index in [2.05, 4.69) is 17.2 Å². The van der Waals surface area contributed by atoms with E-state index in [0.717, 1.165) is 41.6 Å². The molecule has 0 fully saturated rings. The highest BCUT2D eigenvalue weighted by atomic mass is 35.5. The number of nitrogens with one attached hydrogen (secondary N) is 1. The van der Waals surface area contributed by atoms with E-state index in [4.69, 9.17) is 16.3 Å². The van der Waals surface area contributed by atoms with Gasteiger partial charge in [0.05, 0.1) is 12.3 Å². The normalized spacial score (nSPS) is 14.7. The summed E-state index contributed by atoms with van der Waals surface area (Å²) in [5.74, 6) is 0.995. The van der Waals surface area contributed by atoms with Crippen LogP contribution in [0.25, 0.3) is 0 Å². The van der Waals surface area contributed by atoms with E-state index in [1.807, 2.05) is 36.5 Å². The predicted octanol–water partition coefficient (Wildman–Crippen LogP) is 3.52. The molecule has 1 N–H and O–H groups in total. The van der Waals surface area contributed by atoms with Gasteiger partial charge in [0.15, 0.2) is 0 Å². The van der Waals surface area contributed by atoms with E-state index in [9.17, 15) is 0 Å². The van der Waals surface area contributed by atoms with Gasteiger partial charge in [-0.1, -0.05) is 17.7 Å². The summed E-state index contributed by atoms with van der Waals surface area (Å²) in [6.07, 6.45) is 2.76. The molecule has 1 aromatic carbocycles. The van der Waals surface area contributed by atoms with Crippen LogP contribution in [0.2, 0.25) is 5.02 Å². The molecule has 0 radical (unpaired) electrons. The van der Waals surface area contributed by atoms with Crippen molar-refractivity contribution < 1.29 is 4.74 Å². The molecule has 1 aliphatic rings. The first kappa shape index (κ1) is 13.4. The first-order valence-corrected chi connectivity index (χ1v) is 7.20. The number of rotatable bonds is 4. The molecule has 1 aliphatic heterocycles. The molecule has 0 amide bonds. The van der Waals surface area contributed by atoms with Crippen LogP contribution >= 0.6 is 11.6 Å². The minimum absolute atomic E-state index is 0.187. The Hall–Kier alpha value is -1.58. The monoisotopic (exact) mass is 288 g/mol. The maximum Gasteiger partial charge on any atom is 0.127 e. The average molecular weight is 289 g/mol. The van der Waals surface area contributed by atoms with Crippen molar-refractivity contribution >= 4 is 11.6 Å². The highest BCUT2D eigenvalue weighted by Crippen LogP contribution is 2.33. The van der Waals surface area contributed by atoms with E-state index >= 15 is 0 Å². The molecule has 20 heavy (non-hydrogen) atoms. The lowest BCUT2D eigenvalue weighted by Gasteiger charge is -2.15. The number of aromatic nitrogens is 1. The molecule has 0 saturated carbocycles. The zero-order valence-corrected chi connectivity index (χ0v) is 12.2. The largest absolute Gasteiger partial charge is 0.493 e. The van der Waals surface area contributed by atoms with E-state index in [1.54, 1.807) is 0 Å². The molecule has 1 atom stereocenters. The molecular formula is C16H17ClN2O. The van der Waals surface area contributed by atoms with Crippen molar-refractivity contribution in [3.8, 4) is 5.75 Å². The van der Waals surface area contributed by atoms with Crippen LogP contribution in [0.15, 0.2) is 36.5 Å². The maximum atomic E-state index is 6.17. The third-order valence-electron chi connectivity index (χ3n) is 3.56. The fraction of sp³-hybridized carbons (Fsp3) is 0.312. The van der Waals surface area contributed by atoms with Gasteiger partial charge in [-0.3, -0.25) is 4.98 Å². The molecule has 4 heteroatoms. The smallest absolute Gasteiger partial charge is 0.127 e.